The van der Waals surface area contributed by atoms with Gasteiger partial charge in [0.05, 0.1) is 4.90 Å². The summed E-state index contributed by atoms with van der Waals surface area (Å²) in [5.74, 6) is -3.88. The molecule has 2 nitrogen and oxygen atoms in total. The van der Waals surface area contributed by atoms with Crippen LogP contribution in [0, 0.1) is 17.5 Å². The first kappa shape index (κ1) is 16.0. The highest BCUT2D eigenvalue weighted by Gasteiger charge is 2.20. The largest absolute Gasteiger partial charge is 0.302 e. The third kappa shape index (κ3) is 3.09. The lowest BCUT2D eigenvalue weighted by Gasteiger charge is -2.10. The molecule has 0 saturated carbocycles. The number of rotatable bonds is 3. The van der Waals surface area contributed by atoms with Crippen LogP contribution in [0.25, 0.3) is 11.1 Å². The Bertz CT molecular complexity index is 790. The van der Waals surface area contributed by atoms with Gasteiger partial charge in [-0.15, -0.1) is 0 Å². The number of hydrogen-bond acceptors (Lipinski definition) is 1. The highest BCUT2D eigenvalue weighted by atomic mass is 32.2. The molecule has 0 aliphatic heterocycles. The third-order valence-corrected chi connectivity index (χ3v) is 4.63. The maximum atomic E-state index is 13.5. The SMILES string of the molecule is O=S(O)c1ccc(C2=C(c3cc(F)c(F)c(F)c3)CCC2)cc1. The van der Waals surface area contributed by atoms with Crippen molar-refractivity contribution in [3.63, 3.8) is 0 Å². The molecule has 0 heterocycles. The first-order valence-corrected chi connectivity index (χ1v) is 8.16. The minimum atomic E-state index is -2.05. The van der Waals surface area contributed by atoms with Gasteiger partial charge in [-0.05, 0) is 65.8 Å². The fraction of sp³-hybridized carbons (Fsp3) is 0.176. The molecule has 120 valence electrons. The second-order valence-corrected chi connectivity index (χ2v) is 6.31. The zero-order valence-corrected chi connectivity index (χ0v) is 12.8. The van der Waals surface area contributed by atoms with Gasteiger partial charge in [0.2, 0.25) is 0 Å². The van der Waals surface area contributed by atoms with E-state index in [9.17, 15) is 17.4 Å². The maximum absolute atomic E-state index is 13.5. The van der Waals surface area contributed by atoms with Crippen molar-refractivity contribution in [3.8, 4) is 0 Å². The second-order valence-electron chi connectivity index (χ2n) is 5.34. The summed E-state index contributed by atoms with van der Waals surface area (Å²) in [6.45, 7) is 0. The first-order valence-electron chi connectivity index (χ1n) is 7.05. The fourth-order valence-corrected chi connectivity index (χ4v) is 3.25. The van der Waals surface area contributed by atoms with Gasteiger partial charge in [0, 0.05) is 0 Å². The zero-order chi connectivity index (χ0) is 16.6. The second kappa shape index (κ2) is 6.29. The predicted molar refractivity (Wildman–Crippen MR) is 82.5 cm³/mol. The summed E-state index contributed by atoms with van der Waals surface area (Å²) in [6, 6.07) is 8.52. The smallest absolute Gasteiger partial charge is 0.194 e. The average Bonchev–Trinajstić information content (AvgIpc) is 3.01. The summed E-state index contributed by atoms with van der Waals surface area (Å²) in [7, 11) is 0. The Labute approximate surface area is 133 Å². The Hall–Kier alpha value is -1.92. The maximum Gasteiger partial charge on any atom is 0.194 e. The molecular formula is C17H13F3O2S. The molecule has 0 aromatic heterocycles. The van der Waals surface area contributed by atoms with E-state index >= 15 is 0 Å². The summed E-state index contributed by atoms with van der Waals surface area (Å²) >= 11 is -2.05. The van der Waals surface area contributed by atoms with Crippen LogP contribution in [0.3, 0.4) is 0 Å². The molecule has 1 aliphatic carbocycles. The van der Waals surface area contributed by atoms with Crippen molar-refractivity contribution in [1.82, 2.24) is 0 Å². The lowest BCUT2D eigenvalue weighted by atomic mass is 9.97. The van der Waals surface area contributed by atoms with Crippen molar-refractivity contribution >= 4 is 22.2 Å². The molecule has 0 amide bonds. The Balaban J connectivity index is 2.06. The van der Waals surface area contributed by atoms with Crippen molar-refractivity contribution < 1.29 is 21.9 Å². The van der Waals surface area contributed by atoms with E-state index in [1.54, 1.807) is 24.3 Å². The van der Waals surface area contributed by atoms with Crippen LogP contribution in [-0.2, 0) is 11.1 Å². The average molecular weight is 338 g/mol. The molecule has 1 unspecified atom stereocenters. The molecule has 0 fully saturated rings. The molecule has 0 saturated heterocycles. The molecule has 1 atom stereocenters. The van der Waals surface area contributed by atoms with Crippen LogP contribution in [0.2, 0.25) is 0 Å². The summed E-state index contributed by atoms with van der Waals surface area (Å²) < 4.78 is 60.1. The monoisotopic (exact) mass is 338 g/mol. The van der Waals surface area contributed by atoms with Crippen LogP contribution in [0.4, 0.5) is 13.2 Å². The number of benzene rings is 2. The Morgan fingerprint density at radius 1 is 0.870 bits per heavy atom. The van der Waals surface area contributed by atoms with E-state index in [1.807, 2.05) is 0 Å². The quantitative estimate of drug-likeness (QED) is 0.646. The van der Waals surface area contributed by atoms with Gasteiger partial charge < -0.3 is 4.55 Å². The van der Waals surface area contributed by atoms with Gasteiger partial charge in [0.25, 0.3) is 0 Å². The number of hydrogen-bond donors (Lipinski definition) is 1. The van der Waals surface area contributed by atoms with E-state index in [0.29, 0.717) is 12.0 Å². The van der Waals surface area contributed by atoms with E-state index in [-0.39, 0.29) is 4.90 Å². The van der Waals surface area contributed by atoms with Crippen molar-refractivity contribution in [3.05, 3.63) is 65.0 Å². The minimum Gasteiger partial charge on any atom is -0.302 e. The summed E-state index contributed by atoms with van der Waals surface area (Å²) in [5, 5.41) is 0. The molecule has 1 aliphatic rings. The van der Waals surface area contributed by atoms with E-state index in [4.69, 9.17) is 4.55 Å². The van der Waals surface area contributed by atoms with Gasteiger partial charge in [-0.25, -0.2) is 17.4 Å². The molecule has 3 rings (SSSR count). The Morgan fingerprint density at radius 3 is 1.91 bits per heavy atom. The first-order chi connectivity index (χ1) is 11.0. The fourth-order valence-electron chi connectivity index (χ4n) is 2.88. The molecule has 0 radical (unpaired) electrons. The molecule has 2 aromatic carbocycles. The Morgan fingerprint density at radius 2 is 1.39 bits per heavy atom. The van der Waals surface area contributed by atoms with Gasteiger partial charge in [0.1, 0.15) is 0 Å². The highest BCUT2D eigenvalue weighted by molar-refractivity contribution is 7.79. The molecule has 0 spiro atoms. The predicted octanol–water partition coefficient (Wildman–Crippen LogP) is 4.78. The third-order valence-electron chi connectivity index (χ3n) is 3.95. The standard InChI is InChI=1S/C17H13F3O2S/c18-15-8-11(9-16(19)17(15)20)14-3-1-2-13(14)10-4-6-12(7-5-10)23(21)22/h4-9H,1-3H2,(H,21,22). The van der Waals surface area contributed by atoms with Gasteiger partial charge in [-0.1, -0.05) is 12.1 Å². The van der Waals surface area contributed by atoms with E-state index < -0.39 is 28.5 Å². The van der Waals surface area contributed by atoms with Crippen LogP contribution < -0.4 is 0 Å². The van der Waals surface area contributed by atoms with Crippen molar-refractivity contribution in [2.45, 2.75) is 24.2 Å². The lowest BCUT2D eigenvalue weighted by molar-refractivity contribution is 0.446. The van der Waals surface area contributed by atoms with Gasteiger partial charge in [-0.3, -0.25) is 0 Å². The molecule has 1 N–H and O–H groups in total. The van der Waals surface area contributed by atoms with Crippen molar-refractivity contribution in [2.24, 2.45) is 0 Å². The van der Waals surface area contributed by atoms with Crippen LogP contribution in [0.5, 0.6) is 0 Å². The zero-order valence-electron chi connectivity index (χ0n) is 12.0. The lowest BCUT2D eigenvalue weighted by Crippen LogP contribution is -1.95. The molecule has 23 heavy (non-hydrogen) atoms. The number of allylic oxidation sites excluding steroid dienone is 2. The van der Waals surface area contributed by atoms with Gasteiger partial charge in [0.15, 0.2) is 28.5 Å². The molecular weight excluding hydrogens is 325 g/mol. The van der Waals surface area contributed by atoms with Crippen LogP contribution in [-0.4, -0.2) is 8.76 Å². The van der Waals surface area contributed by atoms with Crippen LogP contribution in [0.1, 0.15) is 30.4 Å². The normalized spacial score (nSPS) is 16.0. The van der Waals surface area contributed by atoms with E-state index in [0.717, 1.165) is 41.7 Å². The molecule has 6 heteroatoms. The number of halogens is 3. The molecule has 0 bridgehead atoms. The van der Waals surface area contributed by atoms with Gasteiger partial charge in [-0.2, -0.15) is 0 Å². The summed E-state index contributed by atoms with van der Waals surface area (Å²) in [4.78, 5) is 0.285. The summed E-state index contributed by atoms with van der Waals surface area (Å²) in [5.41, 5.74) is 2.87. The topological polar surface area (TPSA) is 37.3 Å². The van der Waals surface area contributed by atoms with Gasteiger partial charge >= 0.3 is 0 Å². The van der Waals surface area contributed by atoms with E-state index in [2.05, 4.69) is 0 Å². The minimum absolute atomic E-state index is 0.285. The summed E-state index contributed by atoms with van der Waals surface area (Å²) in [6.07, 6.45) is 2.21. The van der Waals surface area contributed by atoms with Crippen LogP contribution in [0.15, 0.2) is 41.3 Å². The Kier molecular flexibility index (Phi) is 4.37. The van der Waals surface area contributed by atoms with E-state index in [1.165, 1.54) is 0 Å². The van der Waals surface area contributed by atoms with Crippen molar-refractivity contribution in [2.75, 3.05) is 0 Å². The van der Waals surface area contributed by atoms with Crippen LogP contribution >= 0.6 is 0 Å². The van der Waals surface area contributed by atoms with Crippen molar-refractivity contribution in [1.29, 1.82) is 0 Å². The molecule has 2 aromatic rings. The highest BCUT2D eigenvalue weighted by Crippen LogP contribution is 2.40.